The third-order valence-electron chi connectivity index (χ3n) is 14.1. The maximum Gasteiger partial charge on any atom is 0.495 e. The van der Waals surface area contributed by atoms with E-state index in [1.54, 1.807) is 33.5 Å². The Hall–Kier alpha value is -2.46. The molecule has 3 saturated heterocycles. The normalized spacial score (nSPS) is 19.3. The van der Waals surface area contributed by atoms with E-state index in [0.717, 1.165) is 72.2 Å². The summed E-state index contributed by atoms with van der Waals surface area (Å²) in [5.41, 5.74) is 2.29. The number of halogens is 6. The largest absolute Gasteiger partial charge is 0.495 e. The predicted molar refractivity (Wildman–Crippen MR) is 296 cm³/mol. The van der Waals surface area contributed by atoms with E-state index in [-0.39, 0.29) is 39.9 Å². The van der Waals surface area contributed by atoms with Gasteiger partial charge in [-0.15, -0.1) is 0 Å². The van der Waals surface area contributed by atoms with Gasteiger partial charge in [0.05, 0.1) is 64.5 Å². The number of hydrogen-bond donors (Lipinski definition) is 0. The van der Waals surface area contributed by atoms with Gasteiger partial charge in [-0.3, -0.25) is 0 Å². The third kappa shape index (κ3) is 14.3. The lowest BCUT2D eigenvalue weighted by Gasteiger charge is -2.32. The summed E-state index contributed by atoms with van der Waals surface area (Å²) in [4.78, 5) is 0. The zero-order valence-electron chi connectivity index (χ0n) is 44.4. The highest BCUT2D eigenvalue weighted by Crippen LogP contribution is 2.43. The third-order valence-corrected chi connectivity index (χ3v) is 15.8. The zero-order chi connectivity index (χ0) is 53.6. The molecular weight excluding hydrogens is 1130 g/mol. The summed E-state index contributed by atoms with van der Waals surface area (Å²) < 4.78 is 96.5. The zero-order valence-corrected chi connectivity index (χ0v) is 49.2. The van der Waals surface area contributed by atoms with Gasteiger partial charge in [0.25, 0.3) is 0 Å². The van der Waals surface area contributed by atoms with E-state index in [4.69, 9.17) is 37.4 Å². The molecule has 3 fully saturated rings. The van der Waals surface area contributed by atoms with Crippen molar-refractivity contribution in [2.75, 3.05) is 46.5 Å². The molecule has 3 aliphatic heterocycles. The summed E-state index contributed by atoms with van der Waals surface area (Å²) in [5, 5.41) is 2.90. The Labute approximate surface area is 451 Å². The van der Waals surface area contributed by atoms with Gasteiger partial charge in [0.2, 0.25) is 0 Å². The molecule has 5 aromatic rings. The quantitative estimate of drug-likeness (QED) is 0.100. The van der Waals surface area contributed by atoms with Crippen LogP contribution in [0.15, 0.2) is 75.9 Å². The van der Waals surface area contributed by atoms with E-state index in [2.05, 4.69) is 52.5 Å². The van der Waals surface area contributed by atoms with Crippen LogP contribution in [0.3, 0.4) is 0 Å². The monoisotopic (exact) mass is 1190 g/mol. The Balaban J connectivity index is 0.000000177. The summed E-state index contributed by atoms with van der Waals surface area (Å²) in [6.07, 6.45) is 8.78. The molecule has 4 aliphatic rings. The van der Waals surface area contributed by atoms with Gasteiger partial charge in [0.15, 0.2) is 0 Å². The fraction of sp³-hybridized carbons (Fsp3) is 0.538. The number of allylic oxidation sites excluding steroid dienone is 1. The molecule has 0 unspecified atom stereocenters. The van der Waals surface area contributed by atoms with Gasteiger partial charge in [0, 0.05) is 66.5 Å². The highest BCUT2D eigenvalue weighted by Gasteiger charge is 2.63. The van der Waals surface area contributed by atoms with E-state index in [0.29, 0.717) is 19.8 Å². The van der Waals surface area contributed by atoms with Gasteiger partial charge < -0.3 is 51.3 Å². The molecule has 0 spiro atoms. The van der Waals surface area contributed by atoms with Crippen LogP contribution in [0.1, 0.15) is 94.2 Å². The van der Waals surface area contributed by atoms with Gasteiger partial charge in [-0.2, -0.15) is 0 Å². The van der Waals surface area contributed by atoms with Gasteiger partial charge in [-0.1, -0.05) is 44.0 Å². The lowest BCUT2D eigenvalue weighted by atomic mass is 9.49. The highest BCUT2D eigenvalue weighted by atomic mass is 79.9. The summed E-state index contributed by atoms with van der Waals surface area (Å²) in [7, 11) is 3.47. The first-order valence-electron chi connectivity index (χ1n) is 24.0. The highest BCUT2D eigenvalue weighted by molar-refractivity contribution is 9.11. The van der Waals surface area contributed by atoms with Crippen molar-refractivity contribution in [2.45, 2.75) is 136 Å². The molecule has 0 saturated carbocycles. The molecule has 1 aliphatic carbocycles. The van der Waals surface area contributed by atoms with E-state index in [1.807, 2.05) is 129 Å². The second-order valence-electron chi connectivity index (χ2n) is 20.8. The molecule has 20 heteroatoms. The molecule has 9 rings (SSSR count). The molecule has 394 valence electrons. The molecule has 0 bridgehead atoms. The van der Waals surface area contributed by atoms with Crippen molar-refractivity contribution in [1.82, 2.24) is 9.13 Å². The smallest absolute Gasteiger partial charge is 0.405 e. The van der Waals surface area contributed by atoms with Crippen LogP contribution in [-0.2, 0) is 61.6 Å². The molecule has 0 N–H and O–H groups in total. The van der Waals surface area contributed by atoms with E-state index in [9.17, 15) is 13.2 Å². The van der Waals surface area contributed by atoms with Crippen LogP contribution >= 0.6 is 47.8 Å². The Morgan fingerprint density at radius 2 is 0.944 bits per heavy atom. The molecule has 0 amide bonds. The van der Waals surface area contributed by atoms with Gasteiger partial charge in [-0.25, -0.2) is 13.2 Å². The van der Waals surface area contributed by atoms with Crippen molar-refractivity contribution >= 4 is 102 Å². The Morgan fingerprint density at radius 1 is 0.542 bits per heavy atom. The number of nitrogens with zero attached hydrogens (tertiary/aromatic N) is 2. The second-order valence-corrected chi connectivity index (χ2v) is 23.3. The van der Waals surface area contributed by atoms with Crippen molar-refractivity contribution in [3.8, 4) is 0 Å². The Morgan fingerprint density at radius 3 is 1.39 bits per heavy atom. The van der Waals surface area contributed by atoms with Crippen molar-refractivity contribution in [3.05, 3.63) is 105 Å². The first-order chi connectivity index (χ1) is 33.5. The minimum absolute atomic E-state index is 0.167. The molecule has 11 nitrogen and oxygen atoms in total. The fourth-order valence-corrected chi connectivity index (χ4v) is 9.30. The Kier molecular flexibility index (Phi) is 20.7. The molecule has 5 heterocycles. The van der Waals surface area contributed by atoms with Crippen LogP contribution in [0.2, 0.25) is 0 Å². The molecule has 0 atom stereocenters. The molecule has 3 aromatic carbocycles. The topological polar surface area (TPSA) is 92.9 Å². The minimum atomic E-state index is -0.573. The first-order valence-corrected chi connectivity index (χ1v) is 26.7. The first kappa shape index (κ1) is 60.4. The minimum Gasteiger partial charge on any atom is -0.405 e. The number of alkyl halides is 1. The van der Waals surface area contributed by atoms with Crippen LogP contribution in [0.4, 0.5) is 13.2 Å². The lowest BCUT2D eigenvalue weighted by Crippen LogP contribution is -2.41. The second kappa shape index (κ2) is 24.7. The number of ether oxygens (including phenoxy) is 3. The average molecular weight is 1200 g/mol. The molecular formula is C52H71B3Br3F3N2O9. The number of benzene rings is 3. The SMILES string of the molecule is CC1(C)OB(B2OC(C)(C)C(C)(C)O2)OC1(C)C.COCCBr.COCCn1ccc2c(B3OC(C)(C)C(C)(C)O3)cc(F)cc21.COCCn1ccc2c(Br)cc(F)cc21.Fc1cc(Br)c2c(c1)CC=C2. The molecule has 2 aromatic heterocycles. The van der Waals surface area contributed by atoms with Gasteiger partial charge in [-0.05, 0) is 176 Å². The number of fused-ring (bicyclic) bond motifs is 3. The number of methoxy groups -OCH3 is 3. The van der Waals surface area contributed by atoms with Crippen molar-refractivity contribution in [2.24, 2.45) is 0 Å². The van der Waals surface area contributed by atoms with Gasteiger partial charge >= 0.3 is 21.1 Å². The summed E-state index contributed by atoms with van der Waals surface area (Å²) >= 11 is 9.84. The summed E-state index contributed by atoms with van der Waals surface area (Å²) in [6, 6.07) is 13.1. The number of aromatic nitrogens is 2. The maximum absolute atomic E-state index is 14.2. The molecule has 72 heavy (non-hydrogen) atoms. The van der Waals surface area contributed by atoms with Crippen LogP contribution < -0.4 is 5.46 Å². The van der Waals surface area contributed by atoms with E-state index >= 15 is 0 Å². The van der Waals surface area contributed by atoms with E-state index in [1.165, 1.54) is 24.3 Å². The van der Waals surface area contributed by atoms with Crippen LogP contribution in [0.25, 0.3) is 27.9 Å². The van der Waals surface area contributed by atoms with Crippen molar-refractivity contribution < 1.29 is 55.3 Å². The standard InChI is InChI=1S/C17H23BFNO3.C12H24B2O4.C11H11BrFNO.C9H6BrF.C3H7BrO/c1-16(2)17(3,4)23-18(22-16)14-10-12(19)11-15-13(14)6-7-20(15)8-9-21-5;1-9(2)10(3,4)16-13(15-9)14-17-11(5,6)12(7,8)18-14;1-15-5-4-14-3-2-9-10(12)6-8(13)7-11(9)14;10-9-5-7(11)4-6-2-1-3-8(6)9;1-5-3-2-4/h6-7,10-11H,8-9H2,1-5H3;1-8H3;2-3,6-7H,4-5H2,1H3;1,3-5H,2H2;2-3H2,1H3. The number of rotatable bonds is 10. The van der Waals surface area contributed by atoms with Crippen molar-refractivity contribution in [3.63, 3.8) is 0 Å². The average Bonchev–Trinajstić information content (AvgIpc) is 4.12. The molecule has 0 radical (unpaired) electrons. The van der Waals surface area contributed by atoms with Crippen LogP contribution in [0, 0.1) is 17.5 Å². The Bertz CT molecular complexity index is 2560. The van der Waals surface area contributed by atoms with Crippen LogP contribution in [-0.4, -0.2) is 110 Å². The van der Waals surface area contributed by atoms with Crippen molar-refractivity contribution in [1.29, 1.82) is 0 Å². The van der Waals surface area contributed by atoms with Crippen LogP contribution in [0.5, 0.6) is 0 Å². The van der Waals surface area contributed by atoms with Gasteiger partial charge in [0.1, 0.15) is 17.5 Å². The fourth-order valence-electron chi connectivity index (χ4n) is 7.82. The van der Waals surface area contributed by atoms with E-state index < -0.39 is 32.3 Å². The summed E-state index contributed by atoms with van der Waals surface area (Å²) in [5.74, 6) is -0.689. The summed E-state index contributed by atoms with van der Waals surface area (Å²) in [6.45, 7) is 27.6. The number of hydrogen-bond acceptors (Lipinski definition) is 9. The lowest BCUT2D eigenvalue weighted by molar-refractivity contribution is 0.00578. The maximum atomic E-state index is 14.2. The predicted octanol–water partition coefficient (Wildman–Crippen LogP) is 12.3.